The smallest absolute Gasteiger partial charge is 0.194 e. The molecule has 0 fully saturated rings. The van der Waals surface area contributed by atoms with Crippen molar-refractivity contribution in [1.82, 2.24) is 0 Å². The first kappa shape index (κ1) is 15.0. The first-order valence-electron chi connectivity index (χ1n) is 6.86. The number of anilines is 2. The van der Waals surface area contributed by atoms with Gasteiger partial charge in [0, 0.05) is 11.4 Å². The molecule has 0 unspecified atom stereocenters. The van der Waals surface area contributed by atoms with Crippen LogP contribution in [-0.2, 0) is 0 Å². The molecule has 0 heterocycles. The monoisotopic (exact) mass is 314 g/mol. The Morgan fingerprint density at radius 3 is 1.74 bits per heavy atom. The molecule has 116 valence electrons. The fourth-order valence-electron chi connectivity index (χ4n) is 2.43. The summed E-state index contributed by atoms with van der Waals surface area (Å²) in [6.45, 7) is 0. The first-order valence-corrected chi connectivity index (χ1v) is 6.86. The van der Waals surface area contributed by atoms with Gasteiger partial charge in [-0.25, -0.2) is 13.2 Å². The Morgan fingerprint density at radius 1 is 0.565 bits per heavy atom. The molecule has 23 heavy (non-hydrogen) atoms. The van der Waals surface area contributed by atoms with E-state index in [1.54, 1.807) is 42.5 Å². The predicted molar refractivity (Wildman–Crippen MR) is 86.0 cm³/mol. The lowest BCUT2D eigenvalue weighted by Gasteiger charge is -2.12. The van der Waals surface area contributed by atoms with Crippen LogP contribution in [0.3, 0.4) is 0 Å². The van der Waals surface area contributed by atoms with Crippen LogP contribution in [0.1, 0.15) is 0 Å². The molecule has 0 atom stereocenters. The predicted octanol–water partition coefficient (Wildman–Crippen LogP) is 4.60. The maximum Gasteiger partial charge on any atom is 0.194 e. The molecule has 0 amide bonds. The molecule has 2 nitrogen and oxygen atoms in total. The maximum absolute atomic E-state index is 13.6. The van der Waals surface area contributed by atoms with Gasteiger partial charge in [-0.3, -0.25) is 0 Å². The van der Waals surface area contributed by atoms with E-state index in [4.69, 9.17) is 11.5 Å². The standard InChI is InChI=1S/C18H13F3N2/c19-16-7-11(8-17(20)18(16)21)15-9-13(23)5-6-14(15)10-1-3-12(22)4-2-10/h1-9H,22-23H2. The van der Waals surface area contributed by atoms with Crippen LogP contribution in [0.25, 0.3) is 22.3 Å². The number of nitrogen functional groups attached to an aromatic ring is 2. The average Bonchev–Trinajstić information content (AvgIpc) is 2.53. The Kier molecular flexibility index (Phi) is 3.70. The van der Waals surface area contributed by atoms with Gasteiger partial charge in [0.2, 0.25) is 0 Å². The molecule has 0 saturated heterocycles. The molecule has 0 aliphatic heterocycles. The molecule has 4 N–H and O–H groups in total. The second kappa shape index (κ2) is 5.68. The van der Waals surface area contributed by atoms with E-state index in [0.29, 0.717) is 22.5 Å². The van der Waals surface area contributed by atoms with Crippen molar-refractivity contribution in [3.05, 3.63) is 72.0 Å². The fourth-order valence-corrected chi connectivity index (χ4v) is 2.43. The summed E-state index contributed by atoms with van der Waals surface area (Å²) >= 11 is 0. The van der Waals surface area contributed by atoms with Crippen molar-refractivity contribution in [1.29, 1.82) is 0 Å². The lowest BCUT2D eigenvalue weighted by molar-refractivity contribution is 0.448. The third-order valence-electron chi connectivity index (χ3n) is 3.56. The van der Waals surface area contributed by atoms with Crippen molar-refractivity contribution >= 4 is 11.4 Å². The molecule has 3 rings (SSSR count). The largest absolute Gasteiger partial charge is 0.399 e. The SMILES string of the molecule is Nc1ccc(-c2ccc(N)cc2-c2cc(F)c(F)c(F)c2)cc1. The minimum atomic E-state index is -1.49. The minimum Gasteiger partial charge on any atom is -0.399 e. The molecule has 5 heteroatoms. The number of hydrogen-bond donors (Lipinski definition) is 2. The second-order valence-corrected chi connectivity index (χ2v) is 5.18. The second-order valence-electron chi connectivity index (χ2n) is 5.18. The van der Waals surface area contributed by atoms with Crippen LogP contribution in [-0.4, -0.2) is 0 Å². The van der Waals surface area contributed by atoms with Crippen molar-refractivity contribution in [2.24, 2.45) is 0 Å². The van der Waals surface area contributed by atoms with E-state index >= 15 is 0 Å². The summed E-state index contributed by atoms with van der Waals surface area (Å²) < 4.78 is 40.3. The van der Waals surface area contributed by atoms with Crippen molar-refractivity contribution in [3.63, 3.8) is 0 Å². The molecule has 3 aromatic carbocycles. The molecular formula is C18H13F3N2. The maximum atomic E-state index is 13.6. The molecule has 0 aliphatic rings. The average molecular weight is 314 g/mol. The van der Waals surface area contributed by atoms with Crippen LogP contribution in [0.15, 0.2) is 54.6 Å². The topological polar surface area (TPSA) is 52.0 Å². The van der Waals surface area contributed by atoms with Gasteiger partial charge in [0.15, 0.2) is 17.5 Å². The van der Waals surface area contributed by atoms with Crippen LogP contribution < -0.4 is 11.5 Å². The highest BCUT2D eigenvalue weighted by Gasteiger charge is 2.15. The summed E-state index contributed by atoms with van der Waals surface area (Å²) in [4.78, 5) is 0. The lowest BCUT2D eigenvalue weighted by Crippen LogP contribution is -1.95. The van der Waals surface area contributed by atoms with E-state index in [-0.39, 0.29) is 5.56 Å². The van der Waals surface area contributed by atoms with E-state index in [1.165, 1.54) is 0 Å². The van der Waals surface area contributed by atoms with E-state index in [2.05, 4.69) is 0 Å². The summed E-state index contributed by atoms with van der Waals surface area (Å²) in [7, 11) is 0. The molecule has 0 spiro atoms. The zero-order valence-corrected chi connectivity index (χ0v) is 12.0. The van der Waals surface area contributed by atoms with Gasteiger partial charge in [0.25, 0.3) is 0 Å². The number of rotatable bonds is 2. The Bertz CT molecular complexity index is 851. The van der Waals surface area contributed by atoms with E-state index in [0.717, 1.165) is 17.7 Å². The van der Waals surface area contributed by atoms with Gasteiger partial charge in [-0.2, -0.15) is 0 Å². The number of hydrogen-bond acceptors (Lipinski definition) is 2. The molecule has 0 saturated carbocycles. The molecule has 0 radical (unpaired) electrons. The minimum absolute atomic E-state index is 0.209. The summed E-state index contributed by atoms with van der Waals surface area (Å²) in [5, 5.41) is 0. The number of nitrogens with two attached hydrogens (primary N) is 2. The van der Waals surface area contributed by atoms with Gasteiger partial charge in [0.05, 0.1) is 0 Å². The molecular weight excluding hydrogens is 301 g/mol. The van der Waals surface area contributed by atoms with Crippen molar-refractivity contribution in [2.45, 2.75) is 0 Å². The highest BCUT2D eigenvalue weighted by Crippen LogP contribution is 2.35. The van der Waals surface area contributed by atoms with Crippen LogP contribution in [0.4, 0.5) is 24.5 Å². The molecule has 0 aromatic heterocycles. The summed E-state index contributed by atoms with van der Waals surface area (Å²) in [5.41, 5.74) is 14.7. The normalized spacial score (nSPS) is 10.7. The van der Waals surface area contributed by atoms with Gasteiger partial charge in [-0.15, -0.1) is 0 Å². The van der Waals surface area contributed by atoms with Gasteiger partial charge < -0.3 is 11.5 Å². The third-order valence-corrected chi connectivity index (χ3v) is 3.56. The third kappa shape index (κ3) is 2.85. The number of benzene rings is 3. The van der Waals surface area contributed by atoms with E-state index in [9.17, 15) is 13.2 Å². The van der Waals surface area contributed by atoms with Crippen molar-refractivity contribution in [2.75, 3.05) is 11.5 Å². The fraction of sp³-hybridized carbons (Fsp3) is 0. The highest BCUT2D eigenvalue weighted by atomic mass is 19.2. The van der Waals surface area contributed by atoms with Crippen LogP contribution in [0, 0.1) is 17.5 Å². The molecule has 0 bridgehead atoms. The zero-order chi connectivity index (χ0) is 16.6. The van der Waals surface area contributed by atoms with Gasteiger partial charge >= 0.3 is 0 Å². The van der Waals surface area contributed by atoms with E-state index < -0.39 is 17.5 Å². The Hall–Kier alpha value is -2.95. The Morgan fingerprint density at radius 2 is 1.13 bits per heavy atom. The number of halogens is 3. The van der Waals surface area contributed by atoms with Crippen LogP contribution in [0.2, 0.25) is 0 Å². The summed E-state index contributed by atoms with van der Waals surface area (Å²) in [5.74, 6) is -3.98. The van der Waals surface area contributed by atoms with Gasteiger partial charge in [0.1, 0.15) is 0 Å². The highest BCUT2D eigenvalue weighted by molar-refractivity contribution is 5.85. The summed E-state index contributed by atoms with van der Waals surface area (Å²) in [6.07, 6.45) is 0. The Labute approximate surface area is 131 Å². The zero-order valence-electron chi connectivity index (χ0n) is 12.0. The van der Waals surface area contributed by atoms with Crippen molar-refractivity contribution < 1.29 is 13.2 Å². The quantitative estimate of drug-likeness (QED) is 0.536. The van der Waals surface area contributed by atoms with Crippen LogP contribution in [0.5, 0.6) is 0 Å². The lowest BCUT2D eigenvalue weighted by atomic mass is 9.93. The van der Waals surface area contributed by atoms with Gasteiger partial charge in [-0.05, 0) is 58.7 Å². The molecule has 0 aliphatic carbocycles. The molecule has 3 aromatic rings. The van der Waals surface area contributed by atoms with Crippen molar-refractivity contribution in [3.8, 4) is 22.3 Å². The van der Waals surface area contributed by atoms with E-state index in [1.807, 2.05) is 0 Å². The first-order chi connectivity index (χ1) is 11.0. The van der Waals surface area contributed by atoms with Gasteiger partial charge in [-0.1, -0.05) is 18.2 Å². The summed E-state index contributed by atoms with van der Waals surface area (Å²) in [6, 6.07) is 14.0. The van der Waals surface area contributed by atoms with Crippen LogP contribution >= 0.6 is 0 Å². The Balaban J connectivity index is 2.23.